The summed E-state index contributed by atoms with van der Waals surface area (Å²) in [4.78, 5) is 17.8. The number of anilines is 1. The lowest BCUT2D eigenvalue weighted by Gasteiger charge is -2.17. The van der Waals surface area contributed by atoms with Crippen LogP contribution in [0.15, 0.2) is 42.6 Å². The highest BCUT2D eigenvalue weighted by atomic mass is 35.5. The van der Waals surface area contributed by atoms with Gasteiger partial charge in [-0.3, -0.25) is 9.78 Å². The summed E-state index contributed by atoms with van der Waals surface area (Å²) in [6.45, 7) is 1.80. The number of halogens is 2. The number of benzene rings is 2. The number of nitriles is 1. The molecule has 0 bridgehead atoms. The third kappa shape index (κ3) is 3.87. The summed E-state index contributed by atoms with van der Waals surface area (Å²) in [5.41, 5.74) is 2.91. The third-order valence-corrected chi connectivity index (χ3v) is 5.36. The summed E-state index contributed by atoms with van der Waals surface area (Å²) in [7, 11) is 0. The number of carbonyl (C=O) groups excluding carboxylic acids is 1. The smallest absolute Gasteiger partial charge is 0.222 e. The molecule has 0 aliphatic carbocycles. The van der Waals surface area contributed by atoms with E-state index in [9.17, 15) is 14.4 Å². The number of pyridine rings is 1. The molecule has 5 nitrogen and oxygen atoms in total. The molecule has 0 radical (unpaired) electrons. The maximum Gasteiger partial charge on any atom is 0.222 e. The second kappa shape index (κ2) is 8.06. The Morgan fingerprint density at radius 2 is 2.10 bits per heavy atom. The molecule has 2 aromatic carbocycles. The van der Waals surface area contributed by atoms with Crippen molar-refractivity contribution in [3.63, 3.8) is 0 Å². The molecule has 0 unspecified atom stereocenters. The van der Waals surface area contributed by atoms with E-state index in [2.05, 4.69) is 16.4 Å². The lowest BCUT2D eigenvalue weighted by Crippen LogP contribution is -2.23. The van der Waals surface area contributed by atoms with Crippen molar-refractivity contribution >= 4 is 34.1 Å². The van der Waals surface area contributed by atoms with Gasteiger partial charge in [-0.15, -0.1) is 0 Å². The van der Waals surface area contributed by atoms with Crippen LogP contribution in [0, 0.1) is 17.1 Å². The predicted molar refractivity (Wildman–Crippen MR) is 110 cm³/mol. The summed E-state index contributed by atoms with van der Waals surface area (Å²) in [6, 6.07) is 12.7. The average molecular weight is 409 g/mol. The highest BCUT2D eigenvalue weighted by Crippen LogP contribution is 2.33. The van der Waals surface area contributed by atoms with Gasteiger partial charge in [0.25, 0.3) is 0 Å². The zero-order chi connectivity index (χ0) is 20.4. The van der Waals surface area contributed by atoms with Crippen LogP contribution in [-0.4, -0.2) is 22.3 Å². The Hall–Kier alpha value is -3.17. The summed E-state index contributed by atoms with van der Waals surface area (Å²) in [6.07, 6.45) is 2.87. The van der Waals surface area contributed by atoms with Crippen molar-refractivity contribution in [2.24, 2.45) is 0 Å². The summed E-state index contributed by atoms with van der Waals surface area (Å²) < 4.78 is 14.2. The third-order valence-electron chi connectivity index (χ3n) is 5.05. The Morgan fingerprint density at radius 3 is 2.86 bits per heavy atom. The first kappa shape index (κ1) is 19.2. The van der Waals surface area contributed by atoms with Crippen molar-refractivity contribution in [2.45, 2.75) is 25.9 Å². The number of amides is 1. The van der Waals surface area contributed by atoms with Crippen LogP contribution in [0.2, 0.25) is 5.02 Å². The van der Waals surface area contributed by atoms with Crippen molar-refractivity contribution < 1.29 is 9.18 Å². The van der Waals surface area contributed by atoms with Crippen LogP contribution >= 0.6 is 11.6 Å². The van der Waals surface area contributed by atoms with Gasteiger partial charge in [0.05, 0.1) is 16.3 Å². The maximum atomic E-state index is 14.2. The van der Waals surface area contributed by atoms with Crippen LogP contribution in [0.3, 0.4) is 0 Å². The van der Waals surface area contributed by atoms with Crippen LogP contribution in [0.4, 0.5) is 10.1 Å². The summed E-state index contributed by atoms with van der Waals surface area (Å²) in [5, 5.41) is 13.4. The number of fused-ring (bicyclic) bond motifs is 1. The summed E-state index contributed by atoms with van der Waals surface area (Å²) in [5.74, 6) is -0.304. The minimum Gasteiger partial charge on any atom is -0.379 e. The highest BCUT2D eigenvalue weighted by molar-refractivity contribution is 6.36. The topological polar surface area (TPSA) is 69.0 Å². The first-order chi connectivity index (χ1) is 14.1. The number of likely N-dealkylation sites (tertiary alicyclic amines) is 1. The van der Waals surface area contributed by atoms with Gasteiger partial charge in [-0.2, -0.15) is 5.26 Å². The molecular weight excluding hydrogens is 391 g/mol. The molecule has 1 saturated heterocycles. The maximum absolute atomic E-state index is 14.2. The number of nitrogens with one attached hydrogen (secondary N) is 1. The fraction of sp³-hybridized carbons (Fsp3) is 0.227. The molecule has 146 valence electrons. The molecule has 1 aliphatic heterocycles. The van der Waals surface area contributed by atoms with E-state index in [-0.39, 0.29) is 11.4 Å². The molecule has 1 N–H and O–H groups in total. The molecular formula is C22H18ClFN4O. The fourth-order valence-corrected chi connectivity index (χ4v) is 3.87. The van der Waals surface area contributed by atoms with Crippen LogP contribution in [0.1, 0.15) is 29.5 Å². The van der Waals surface area contributed by atoms with E-state index >= 15 is 0 Å². The molecule has 4 rings (SSSR count). The number of nitrogens with zero attached hydrogens (tertiary/aromatic N) is 3. The van der Waals surface area contributed by atoms with Crippen molar-refractivity contribution in [1.82, 2.24) is 9.88 Å². The van der Waals surface area contributed by atoms with Crippen molar-refractivity contribution in [3.8, 4) is 6.07 Å². The van der Waals surface area contributed by atoms with Crippen LogP contribution in [0.5, 0.6) is 0 Å². The normalized spacial score (nSPS) is 13.7. The van der Waals surface area contributed by atoms with E-state index in [1.807, 2.05) is 29.2 Å². The van der Waals surface area contributed by atoms with Crippen molar-refractivity contribution in [3.05, 3.63) is 70.1 Å². The van der Waals surface area contributed by atoms with Gasteiger partial charge >= 0.3 is 0 Å². The lowest BCUT2D eigenvalue weighted by molar-refractivity contribution is -0.128. The standard InChI is InChI=1S/C22H18ClFN4O/c23-17-6-7-18(24)22-20(17)21(16(10-25)12-27-22)26-11-14-3-1-4-15(9-14)13-28-8-2-5-19(28)29/h1,3-4,6-7,9,12H,2,5,8,11,13H2,(H,26,27). The fourth-order valence-electron chi connectivity index (χ4n) is 3.62. The van der Waals surface area contributed by atoms with Gasteiger partial charge in [0, 0.05) is 37.6 Å². The zero-order valence-electron chi connectivity index (χ0n) is 15.6. The zero-order valence-corrected chi connectivity index (χ0v) is 16.3. The lowest BCUT2D eigenvalue weighted by atomic mass is 10.1. The first-order valence-electron chi connectivity index (χ1n) is 9.33. The van der Waals surface area contributed by atoms with E-state index in [0.29, 0.717) is 41.2 Å². The Morgan fingerprint density at radius 1 is 1.28 bits per heavy atom. The Kier molecular flexibility index (Phi) is 5.32. The SMILES string of the molecule is N#Cc1cnc2c(F)ccc(Cl)c2c1NCc1cccc(CN2CCCC2=O)c1. The second-order valence-electron chi connectivity index (χ2n) is 7.00. The van der Waals surface area contributed by atoms with Crippen LogP contribution in [0.25, 0.3) is 10.9 Å². The molecule has 7 heteroatoms. The molecule has 3 aromatic rings. The number of hydrogen-bond donors (Lipinski definition) is 1. The van der Waals surface area contributed by atoms with E-state index < -0.39 is 5.82 Å². The van der Waals surface area contributed by atoms with Crippen molar-refractivity contribution in [1.29, 1.82) is 5.26 Å². The number of aromatic nitrogens is 1. The largest absolute Gasteiger partial charge is 0.379 e. The minimum absolute atomic E-state index is 0.125. The molecule has 1 fully saturated rings. The molecule has 0 saturated carbocycles. The monoisotopic (exact) mass is 408 g/mol. The molecule has 2 heterocycles. The van der Waals surface area contributed by atoms with Gasteiger partial charge in [-0.1, -0.05) is 35.9 Å². The molecule has 0 spiro atoms. The van der Waals surface area contributed by atoms with E-state index in [4.69, 9.17) is 11.6 Å². The molecule has 1 aliphatic rings. The van der Waals surface area contributed by atoms with E-state index in [1.54, 1.807) is 0 Å². The van der Waals surface area contributed by atoms with Crippen LogP contribution in [-0.2, 0) is 17.9 Å². The molecule has 1 amide bonds. The quantitative estimate of drug-likeness (QED) is 0.668. The average Bonchev–Trinajstić information content (AvgIpc) is 3.13. The molecule has 29 heavy (non-hydrogen) atoms. The van der Waals surface area contributed by atoms with Crippen LogP contribution < -0.4 is 5.32 Å². The molecule has 1 aromatic heterocycles. The number of carbonyl (C=O) groups is 1. The first-order valence-corrected chi connectivity index (χ1v) is 9.71. The number of rotatable bonds is 5. The highest BCUT2D eigenvalue weighted by Gasteiger charge is 2.20. The van der Waals surface area contributed by atoms with Gasteiger partial charge in [0.1, 0.15) is 17.4 Å². The molecule has 0 atom stereocenters. The van der Waals surface area contributed by atoms with Crippen molar-refractivity contribution in [2.75, 3.05) is 11.9 Å². The Labute approximate surface area is 172 Å². The van der Waals surface area contributed by atoms with Gasteiger partial charge in [0.2, 0.25) is 5.91 Å². The minimum atomic E-state index is -0.491. The van der Waals surface area contributed by atoms with E-state index in [0.717, 1.165) is 24.1 Å². The summed E-state index contributed by atoms with van der Waals surface area (Å²) >= 11 is 6.29. The Balaban J connectivity index is 1.60. The van der Waals surface area contributed by atoms with E-state index in [1.165, 1.54) is 18.3 Å². The van der Waals surface area contributed by atoms with Gasteiger partial charge in [-0.05, 0) is 29.7 Å². The van der Waals surface area contributed by atoms with Gasteiger partial charge in [-0.25, -0.2) is 4.39 Å². The number of hydrogen-bond acceptors (Lipinski definition) is 4. The van der Waals surface area contributed by atoms with Gasteiger partial charge < -0.3 is 10.2 Å². The van der Waals surface area contributed by atoms with Gasteiger partial charge in [0.15, 0.2) is 0 Å². The second-order valence-corrected chi connectivity index (χ2v) is 7.41. The predicted octanol–water partition coefficient (Wildman–Crippen LogP) is 4.63. The Bertz CT molecular complexity index is 1140.